The zero-order valence-electron chi connectivity index (χ0n) is 25.9. The van der Waals surface area contributed by atoms with Crippen LogP contribution in [0.1, 0.15) is 21.0 Å². The smallest absolute Gasteiger partial charge is 0.322 e. The van der Waals surface area contributed by atoms with Gasteiger partial charge in [-0.2, -0.15) is 0 Å². The Kier molecular flexibility index (Phi) is 11.5. The van der Waals surface area contributed by atoms with Gasteiger partial charge in [0.15, 0.2) is 22.9 Å². The van der Waals surface area contributed by atoms with Gasteiger partial charge in [-0.1, -0.05) is 72.1 Å². The SMILES string of the molecule is O=C(O)CNC(=O)c1ncc2ccc(Sc3ccccc3)cc2c1O.O=C(O)CNC(=O)c1ncc2ccc(Sc3ccccc3)cc2c1O. The van der Waals surface area contributed by atoms with E-state index in [0.717, 1.165) is 19.6 Å². The number of pyridine rings is 2. The maximum atomic E-state index is 12.0. The number of amides is 2. The molecular weight excluding hydrogens is 681 g/mol. The summed E-state index contributed by atoms with van der Waals surface area (Å²) in [6.07, 6.45) is 2.95. The number of nitrogens with one attached hydrogen (secondary N) is 2. The van der Waals surface area contributed by atoms with Gasteiger partial charge in [0.1, 0.15) is 13.1 Å². The highest BCUT2D eigenvalue weighted by atomic mass is 32.2. The predicted molar refractivity (Wildman–Crippen MR) is 188 cm³/mol. The van der Waals surface area contributed by atoms with Crippen LogP contribution in [0, 0.1) is 0 Å². The van der Waals surface area contributed by atoms with Crippen LogP contribution < -0.4 is 10.6 Å². The first-order chi connectivity index (χ1) is 24.1. The molecule has 0 aliphatic rings. The fourth-order valence-electron chi connectivity index (χ4n) is 4.54. The van der Waals surface area contributed by atoms with Crippen LogP contribution in [0.25, 0.3) is 21.5 Å². The molecule has 0 aliphatic carbocycles. The second kappa shape index (κ2) is 16.3. The lowest BCUT2D eigenvalue weighted by atomic mass is 10.1. The molecule has 2 heterocycles. The molecular formula is C36H28N4O8S2. The minimum absolute atomic E-state index is 0.199. The van der Waals surface area contributed by atoms with Crippen LogP contribution in [-0.4, -0.2) is 67.2 Å². The maximum absolute atomic E-state index is 12.0. The third-order valence-corrected chi connectivity index (χ3v) is 8.86. The van der Waals surface area contributed by atoms with E-state index in [-0.39, 0.29) is 22.9 Å². The van der Waals surface area contributed by atoms with Crippen molar-refractivity contribution >= 4 is 68.8 Å². The normalized spacial score (nSPS) is 10.6. The Hall–Kier alpha value is -6.12. The quantitative estimate of drug-likeness (QED) is 0.1000. The van der Waals surface area contributed by atoms with Crippen molar-refractivity contribution in [2.45, 2.75) is 19.6 Å². The number of hydrogen-bond donors (Lipinski definition) is 6. The molecule has 0 fully saturated rings. The Morgan fingerprint density at radius 1 is 0.540 bits per heavy atom. The Morgan fingerprint density at radius 2 is 0.920 bits per heavy atom. The van der Waals surface area contributed by atoms with Crippen molar-refractivity contribution in [1.29, 1.82) is 0 Å². The van der Waals surface area contributed by atoms with E-state index in [4.69, 9.17) is 10.2 Å². The topological polar surface area (TPSA) is 199 Å². The van der Waals surface area contributed by atoms with E-state index in [1.165, 1.54) is 35.9 Å². The van der Waals surface area contributed by atoms with E-state index in [0.29, 0.717) is 21.5 Å². The fraction of sp³-hybridized carbons (Fsp3) is 0.0556. The number of rotatable bonds is 10. The molecule has 6 rings (SSSR count). The van der Waals surface area contributed by atoms with Crippen molar-refractivity contribution in [2.24, 2.45) is 0 Å². The van der Waals surface area contributed by atoms with E-state index in [2.05, 4.69) is 20.6 Å². The third-order valence-electron chi connectivity index (χ3n) is 6.86. The molecule has 14 heteroatoms. The molecule has 0 aliphatic heterocycles. The van der Waals surface area contributed by atoms with Crippen LogP contribution in [0.2, 0.25) is 0 Å². The van der Waals surface area contributed by atoms with Crippen LogP contribution in [0.15, 0.2) is 129 Å². The van der Waals surface area contributed by atoms with Crippen molar-refractivity contribution in [1.82, 2.24) is 20.6 Å². The summed E-state index contributed by atoms with van der Waals surface area (Å²) in [5, 5.41) is 44.8. The molecule has 4 aromatic carbocycles. The number of benzene rings is 4. The molecule has 0 atom stereocenters. The average molecular weight is 709 g/mol. The Balaban J connectivity index is 0.000000194. The van der Waals surface area contributed by atoms with Gasteiger partial charge in [-0.3, -0.25) is 19.2 Å². The molecule has 50 heavy (non-hydrogen) atoms. The number of aromatic nitrogens is 2. The van der Waals surface area contributed by atoms with Crippen LogP contribution in [0.3, 0.4) is 0 Å². The van der Waals surface area contributed by atoms with E-state index in [9.17, 15) is 29.4 Å². The third kappa shape index (κ3) is 9.06. The van der Waals surface area contributed by atoms with Gasteiger partial charge in [0.05, 0.1) is 0 Å². The second-order valence-corrected chi connectivity index (χ2v) is 12.7. The van der Waals surface area contributed by atoms with Gasteiger partial charge in [0.25, 0.3) is 11.8 Å². The maximum Gasteiger partial charge on any atom is 0.322 e. The van der Waals surface area contributed by atoms with Crippen molar-refractivity contribution in [3.63, 3.8) is 0 Å². The van der Waals surface area contributed by atoms with Crippen molar-refractivity contribution in [2.75, 3.05) is 13.1 Å². The summed E-state index contributed by atoms with van der Waals surface area (Å²) < 4.78 is 0. The molecule has 2 aromatic heterocycles. The summed E-state index contributed by atoms with van der Waals surface area (Å²) in [6.45, 7) is -1.08. The number of nitrogens with zero attached hydrogens (tertiary/aromatic N) is 2. The highest BCUT2D eigenvalue weighted by Crippen LogP contribution is 2.35. The highest BCUT2D eigenvalue weighted by Gasteiger charge is 2.18. The monoisotopic (exact) mass is 708 g/mol. The molecule has 12 nitrogen and oxygen atoms in total. The van der Waals surface area contributed by atoms with Crippen molar-refractivity contribution in [3.05, 3.63) is 121 Å². The number of carboxylic acids is 2. The van der Waals surface area contributed by atoms with E-state index >= 15 is 0 Å². The largest absolute Gasteiger partial charge is 0.505 e. The second-order valence-electron chi connectivity index (χ2n) is 10.4. The van der Waals surface area contributed by atoms with E-state index in [1.807, 2.05) is 84.9 Å². The van der Waals surface area contributed by atoms with Crippen LogP contribution in [0.5, 0.6) is 11.5 Å². The summed E-state index contributed by atoms with van der Waals surface area (Å²) in [4.78, 5) is 56.8. The van der Waals surface area contributed by atoms with Gasteiger partial charge in [-0.25, -0.2) is 9.97 Å². The molecule has 0 saturated carbocycles. The summed E-state index contributed by atoms with van der Waals surface area (Å²) in [5.41, 5.74) is -0.397. The number of aliphatic carboxylic acids is 2. The van der Waals surface area contributed by atoms with Crippen LogP contribution in [-0.2, 0) is 9.59 Å². The summed E-state index contributed by atoms with van der Waals surface area (Å²) in [6, 6.07) is 30.5. The zero-order valence-corrected chi connectivity index (χ0v) is 27.6. The minimum Gasteiger partial charge on any atom is -0.505 e. The minimum atomic E-state index is -1.17. The van der Waals surface area contributed by atoms with E-state index in [1.54, 1.807) is 12.1 Å². The number of carbonyl (C=O) groups is 4. The van der Waals surface area contributed by atoms with Crippen LogP contribution >= 0.6 is 23.5 Å². The molecule has 0 spiro atoms. The first-order valence-electron chi connectivity index (χ1n) is 14.8. The Bertz CT molecular complexity index is 2050. The van der Waals surface area contributed by atoms with Gasteiger partial charge < -0.3 is 31.1 Å². The van der Waals surface area contributed by atoms with Crippen molar-refractivity contribution < 1.29 is 39.6 Å². The summed E-state index contributed by atoms with van der Waals surface area (Å²) in [5.74, 6) is -4.34. The molecule has 0 radical (unpaired) electrons. The first kappa shape index (κ1) is 35.2. The number of fused-ring (bicyclic) bond motifs is 2. The lowest BCUT2D eigenvalue weighted by Gasteiger charge is -2.09. The van der Waals surface area contributed by atoms with Gasteiger partial charge in [0.2, 0.25) is 0 Å². The standard InChI is InChI=1S/2C18H14N2O4S/c2*21-15(22)10-20-18(24)16-17(23)14-8-13(7-6-11(14)9-19-16)25-12-4-2-1-3-5-12/h2*1-9,23H,10H2,(H,20,24)(H,21,22). The highest BCUT2D eigenvalue weighted by molar-refractivity contribution is 7.99. The summed E-state index contributed by atoms with van der Waals surface area (Å²) >= 11 is 3.06. The molecule has 0 bridgehead atoms. The molecule has 252 valence electrons. The summed E-state index contributed by atoms with van der Waals surface area (Å²) in [7, 11) is 0. The Labute approximate surface area is 293 Å². The van der Waals surface area contributed by atoms with Gasteiger partial charge in [-0.05, 0) is 48.5 Å². The molecule has 0 saturated heterocycles. The lowest BCUT2D eigenvalue weighted by molar-refractivity contribution is -0.136. The fourth-order valence-corrected chi connectivity index (χ4v) is 6.30. The number of aromatic hydroxyl groups is 2. The van der Waals surface area contributed by atoms with Crippen molar-refractivity contribution in [3.8, 4) is 11.5 Å². The van der Waals surface area contributed by atoms with E-state index < -0.39 is 36.8 Å². The molecule has 2 amide bonds. The lowest BCUT2D eigenvalue weighted by Crippen LogP contribution is -2.29. The van der Waals surface area contributed by atoms with Crippen LogP contribution in [0.4, 0.5) is 0 Å². The zero-order chi connectivity index (χ0) is 35.6. The Morgan fingerprint density at radius 3 is 1.28 bits per heavy atom. The number of hydrogen-bond acceptors (Lipinski definition) is 10. The molecule has 6 N–H and O–H groups in total. The molecule has 6 aromatic rings. The van der Waals surface area contributed by atoms with Gasteiger partial charge in [-0.15, -0.1) is 0 Å². The van der Waals surface area contributed by atoms with Gasteiger partial charge in [0, 0.05) is 53.5 Å². The van der Waals surface area contributed by atoms with Gasteiger partial charge >= 0.3 is 11.9 Å². The predicted octanol–water partition coefficient (Wildman–Crippen LogP) is 5.81. The number of carbonyl (C=O) groups excluding carboxylic acids is 2. The average Bonchev–Trinajstić information content (AvgIpc) is 3.11. The molecule has 0 unspecified atom stereocenters. The number of carboxylic acid groups (broad SMARTS) is 2. The first-order valence-corrected chi connectivity index (χ1v) is 16.4.